The van der Waals surface area contributed by atoms with Gasteiger partial charge in [-0.05, 0) is 30.3 Å². The van der Waals surface area contributed by atoms with Gasteiger partial charge in [-0.2, -0.15) is 0 Å². The number of oxime groups is 1. The fourth-order valence-corrected chi connectivity index (χ4v) is 1.69. The van der Waals surface area contributed by atoms with Gasteiger partial charge in [-0.3, -0.25) is 9.78 Å². The van der Waals surface area contributed by atoms with E-state index in [0.717, 1.165) is 0 Å². The van der Waals surface area contributed by atoms with E-state index >= 15 is 0 Å². The summed E-state index contributed by atoms with van der Waals surface area (Å²) in [6, 6.07) is 9.63. The number of nitrogens with two attached hydrogens (primary N) is 1. The average Bonchev–Trinajstić information content (AvgIpc) is 2.49. The molecule has 7 heteroatoms. The van der Waals surface area contributed by atoms with E-state index in [4.69, 9.17) is 22.5 Å². The maximum Gasteiger partial charge on any atom is 0.274 e. The van der Waals surface area contributed by atoms with Crippen LogP contribution in [0.4, 0.5) is 5.69 Å². The van der Waals surface area contributed by atoms with Crippen LogP contribution in [0.2, 0.25) is 5.02 Å². The molecule has 0 aliphatic carbocycles. The highest BCUT2D eigenvalue weighted by atomic mass is 35.5. The topological polar surface area (TPSA) is 101 Å². The van der Waals surface area contributed by atoms with Crippen molar-refractivity contribution >= 4 is 29.0 Å². The number of carbonyl (C=O) groups is 1. The lowest BCUT2D eigenvalue weighted by molar-refractivity contribution is 0.102. The van der Waals surface area contributed by atoms with Crippen LogP contribution in [0.5, 0.6) is 0 Å². The standard InChI is InChI=1S/C13H11ClN4O2/c14-9-5-4-8(12(15)18-20)7-11(9)17-13(19)10-3-1-2-6-16-10/h1-7,20H,(H2,15,18)(H,17,19). The fourth-order valence-electron chi connectivity index (χ4n) is 1.52. The van der Waals surface area contributed by atoms with Crippen LogP contribution < -0.4 is 11.1 Å². The number of hydrogen-bond acceptors (Lipinski definition) is 4. The lowest BCUT2D eigenvalue weighted by Gasteiger charge is -2.08. The molecule has 0 bridgehead atoms. The van der Waals surface area contributed by atoms with Gasteiger partial charge in [-0.1, -0.05) is 22.8 Å². The summed E-state index contributed by atoms with van der Waals surface area (Å²) in [6.07, 6.45) is 1.52. The first kappa shape index (κ1) is 13.8. The van der Waals surface area contributed by atoms with E-state index in [2.05, 4.69) is 15.5 Å². The van der Waals surface area contributed by atoms with Crippen LogP contribution >= 0.6 is 11.6 Å². The summed E-state index contributed by atoms with van der Waals surface area (Å²) in [4.78, 5) is 15.9. The molecule has 102 valence electrons. The largest absolute Gasteiger partial charge is 0.409 e. The highest BCUT2D eigenvalue weighted by Gasteiger charge is 2.11. The molecule has 0 aliphatic heterocycles. The van der Waals surface area contributed by atoms with Gasteiger partial charge in [0.15, 0.2) is 5.84 Å². The van der Waals surface area contributed by atoms with Crippen LogP contribution in [-0.4, -0.2) is 21.9 Å². The number of benzene rings is 1. The summed E-state index contributed by atoms with van der Waals surface area (Å²) in [7, 11) is 0. The Hall–Kier alpha value is -2.60. The van der Waals surface area contributed by atoms with Crippen molar-refractivity contribution in [1.82, 2.24) is 4.98 Å². The number of amidine groups is 1. The van der Waals surface area contributed by atoms with Crippen molar-refractivity contribution in [3.8, 4) is 0 Å². The molecule has 2 aromatic rings. The Morgan fingerprint density at radius 1 is 1.35 bits per heavy atom. The molecule has 0 saturated heterocycles. The Labute approximate surface area is 119 Å². The van der Waals surface area contributed by atoms with E-state index in [1.165, 1.54) is 12.3 Å². The molecule has 1 heterocycles. The Bertz CT molecular complexity index is 659. The minimum absolute atomic E-state index is 0.0741. The van der Waals surface area contributed by atoms with E-state index in [1.54, 1.807) is 30.3 Å². The second kappa shape index (κ2) is 6.03. The maximum atomic E-state index is 12.0. The van der Waals surface area contributed by atoms with Gasteiger partial charge in [0.05, 0.1) is 10.7 Å². The SMILES string of the molecule is N/C(=N/O)c1ccc(Cl)c(NC(=O)c2ccccn2)c1. The average molecular weight is 291 g/mol. The quantitative estimate of drug-likeness (QED) is 0.349. The lowest BCUT2D eigenvalue weighted by Crippen LogP contribution is -2.16. The highest BCUT2D eigenvalue weighted by molar-refractivity contribution is 6.34. The van der Waals surface area contributed by atoms with Crippen molar-refractivity contribution in [1.29, 1.82) is 0 Å². The van der Waals surface area contributed by atoms with Crippen LogP contribution in [0, 0.1) is 0 Å². The van der Waals surface area contributed by atoms with Gasteiger partial charge in [-0.25, -0.2) is 0 Å². The summed E-state index contributed by atoms with van der Waals surface area (Å²) < 4.78 is 0. The summed E-state index contributed by atoms with van der Waals surface area (Å²) in [5.74, 6) is -0.473. The molecule has 0 fully saturated rings. The number of nitrogens with zero attached hydrogens (tertiary/aromatic N) is 2. The number of rotatable bonds is 3. The molecule has 4 N–H and O–H groups in total. The molecular weight excluding hydrogens is 280 g/mol. The van der Waals surface area contributed by atoms with Crippen molar-refractivity contribution in [2.24, 2.45) is 10.9 Å². The zero-order valence-electron chi connectivity index (χ0n) is 10.2. The predicted molar refractivity (Wildman–Crippen MR) is 76.2 cm³/mol. The molecule has 1 aromatic heterocycles. The molecule has 0 aliphatic rings. The van der Waals surface area contributed by atoms with Crippen molar-refractivity contribution in [3.05, 3.63) is 58.9 Å². The summed E-state index contributed by atoms with van der Waals surface area (Å²) >= 11 is 6.00. The van der Waals surface area contributed by atoms with Crippen molar-refractivity contribution < 1.29 is 10.0 Å². The van der Waals surface area contributed by atoms with E-state index in [-0.39, 0.29) is 11.5 Å². The molecule has 0 saturated carbocycles. The van der Waals surface area contributed by atoms with Gasteiger partial charge >= 0.3 is 0 Å². The highest BCUT2D eigenvalue weighted by Crippen LogP contribution is 2.23. The first-order valence-corrected chi connectivity index (χ1v) is 5.99. The normalized spacial score (nSPS) is 11.2. The van der Waals surface area contributed by atoms with Crippen LogP contribution in [0.25, 0.3) is 0 Å². The Balaban J connectivity index is 2.27. The number of halogens is 1. The van der Waals surface area contributed by atoms with Crippen molar-refractivity contribution in [2.45, 2.75) is 0 Å². The first-order chi connectivity index (χ1) is 9.61. The Kier molecular flexibility index (Phi) is 4.17. The molecule has 0 atom stereocenters. The van der Waals surface area contributed by atoms with Crippen molar-refractivity contribution in [3.63, 3.8) is 0 Å². The van der Waals surface area contributed by atoms with Gasteiger partial charge in [0.1, 0.15) is 5.69 Å². The molecule has 6 nitrogen and oxygen atoms in total. The van der Waals surface area contributed by atoms with Crippen LogP contribution in [0.3, 0.4) is 0 Å². The van der Waals surface area contributed by atoms with E-state index in [0.29, 0.717) is 16.3 Å². The first-order valence-electron chi connectivity index (χ1n) is 5.61. The van der Waals surface area contributed by atoms with Crippen LogP contribution in [0.1, 0.15) is 16.1 Å². The third-order valence-electron chi connectivity index (χ3n) is 2.52. The number of nitrogens with one attached hydrogen (secondary N) is 1. The number of anilines is 1. The molecule has 0 unspecified atom stereocenters. The number of hydrogen-bond donors (Lipinski definition) is 3. The van der Waals surface area contributed by atoms with E-state index in [9.17, 15) is 4.79 Å². The van der Waals surface area contributed by atoms with Gasteiger partial charge < -0.3 is 16.3 Å². The van der Waals surface area contributed by atoms with Gasteiger partial charge in [0.25, 0.3) is 5.91 Å². The number of amides is 1. The minimum atomic E-state index is -0.399. The van der Waals surface area contributed by atoms with Gasteiger partial charge in [0, 0.05) is 11.8 Å². The smallest absolute Gasteiger partial charge is 0.274 e. The van der Waals surface area contributed by atoms with Gasteiger partial charge in [-0.15, -0.1) is 0 Å². The molecule has 1 amide bonds. The summed E-state index contributed by atoms with van der Waals surface area (Å²) in [5.41, 5.74) is 6.54. The monoisotopic (exact) mass is 290 g/mol. The minimum Gasteiger partial charge on any atom is -0.409 e. The number of aromatic nitrogens is 1. The van der Waals surface area contributed by atoms with Crippen LogP contribution in [-0.2, 0) is 0 Å². The molecular formula is C13H11ClN4O2. The zero-order chi connectivity index (χ0) is 14.5. The van der Waals surface area contributed by atoms with Gasteiger partial charge in [0.2, 0.25) is 0 Å². The third kappa shape index (κ3) is 3.04. The zero-order valence-corrected chi connectivity index (χ0v) is 11.0. The Morgan fingerprint density at radius 3 is 2.80 bits per heavy atom. The predicted octanol–water partition coefficient (Wildman–Crippen LogP) is 2.08. The van der Waals surface area contributed by atoms with Crippen molar-refractivity contribution in [2.75, 3.05) is 5.32 Å². The van der Waals surface area contributed by atoms with E-state index in [1.807, 2.05) is 0 Å². The third-order valence-corrected chi connectivity index (χ3v) is 2.85. The molecule has 20 heavy (non-hydrogen) atoms. The second-order valence-electron chi connectivity index (χ2n) is 3.85. The molecule has 2 rings (SSSR count). The van der Waals surface area contributed by atoms with Crippen LogP contribution in [0.15, 0.2) is 47.8 Å². The molecule has 0 spiro atoms. The maximum absolute atomic E-state index is 12.0. The summed E-state index contributed by atoms with van der Waals surface area (Å²) in [6.45, 7) is 0. The summed E-state index contributed by atoms with van der Waals surface area (Å²) in [5, 5.41) is 14.5. The lowest BCUT2D eigenvalue weighted by atomic mass is 10.2. The van der Waals surface area contributed by atoms with E-state index < -0.39 is 5.91 Å². The Morgan fingerprint density at radius 2 is 2.15 bits per heavy atom. The molecule has 1 aromatic carbocycles. The number of pyridine rings is 1. The second-order valence-corrected chi connectivity index (χ2v) is 4.26. The fraction of sp³-hybridized carbons (Fsp3) is 0. The number of carbonyl (C=O) groups excluding carboxylic acids is 1. The molecule has 0 radical (unpaired) electrons.